The highest BCUT2D eigenvalue weighted by Crippen LogP contribution is 2.41. The molecular weight excluding hydrogens is 201 g/mol. The molecule has 1 fully saturated rings. The van der Waals surface area contributed by atoms with E-state index < -0.39 is 0 Å². The summed E-state index contributed by atoms with van der Waals surface area (Å²) in [4.78, 5) is 0. The molecule has 0 aliphatic heterocycles. The summed E-state index contributed by atoms with van der Waals surface area (Å²) in [5, 5.41) is 3.42. The highest BCUT2D eigenvalue weighted by molar-refractivity contribution is 5.27. The average molecular weight is 221 g/mol. The third-order valence-electron chi connectivity index (χ3n) is 3.77. The fourth-order valence-corrected chi connectivity index (χ4v) is 2.67. The molecule has 1 N–H and O–H groups in total. The zero-order valence-electron chi connectivity index (χ0n) is 10.3. The van der Waals surface area contributed by atoms with Crippen molar-refractivity contribution in [3.63, 3.8) is 0 Å². The lowest BCUT2D eigenvalue weighted by molar-refractivity contribution is 0.325. The highest BCUT2D eigenvalue weighted by atomic mass is 19.1. The summed E-state index contributed by atoms with van der Waals surface area (Å²) in [6.07, 6.45) is 2.63. The molecular formula is C14H20FN. The van der Waals surface area contributed by atoms with E-state index >= 15 is 0 Å². The fourth-order valence-electron chi connectivity index (χ4n) is 2.67. The zero-order valence-corrected chi connectivity index (χ0v) is 10.3. The van der Waals surface area contributed by atoms with Crippen LogP contribution in [-0.4, -0.2) is 13.1 Å². The Kier molecular flexibility index (Phi) is 3.02. The molecule has 0 spiro atoms. The third-order valence-corrected chi connectivity index (χ3v) is 3.77. The van der Waals surface area contributed by atoms with E-state index in [0.29, 0.717) is 6.04 Å². The van der Waals surface area contributed by atoms with Gasteiger partial charge in [0.25, 0.3) is 0 Å². The van der Waals surface area contributed by atoms with Crippen molar-refractivity contribution in [1.82, 2.24) is 5.32 Å². The monoisotopic (exact) mass is 221 g/mol. The van der Waals surface area contributed by atoms with Gasteiger partial charge in [0.1, 0.15) is 5.82 Å². The van der Waals surface area contributed by atoms with E-state index in [1.807, 2.05) is 19.2 Å². The lowest BCUT2D eigenvalue weighted by Gasteiger charge is -2.35. The molecule has 0 bridgehead atoms. The molecule has 2 rings (SSSR count). The average Bonchev–Trinajstić information content (AvgIpc) is 3.03. The molecule has 1 atom stereocenters. The molecule has 1 aromatic carbocycles. The van der Waals surface area contributed by atoms with Crippen molar-refractivity contribution in [2.24, 2.45) is 5.92 Å². The topological polar surface area (TPSA) is 12.0 Å². The maximum atomic E-state index is 12.9. The normalized spacial score (nSPS) is 18.5. The molecule has 0 aromatic heterocycles. The van der Waals surface area contributed by atoms with Crippen molar-refractivity contribution < 1.29 is 4.39 Å². The van der Waals surface area contributed by atoms with Crippen molar-refractivity contribution >= 4 is 0 Å². The van der Waals surface area contributed by atoms with Crippen molar-refractivity contribution in [2.45, 2.75) is 38.1 Å². The lowest BCUT2D eigenvalue weighted by atomic mass is 9.75. The number of likely N-dealkylation sites (N-methyl/N-ethyl adjacent to an activating group) is 1. The molecule has 1 nitrogen and oxygen atoms in total. The van der Waals surface area contributed by atoms with Crippen LogP contribution >= 0.6 is 0 Å². The van der Waals surface area contributed by atoms with E-state index in [1.54, 1.807) is 12.1 Å². The fraction of sp³-hybridized carbons (Fsp3) is 0.571. The Morgan fingerprint density at radius 1 is 1.25 bits per heavy atom. The number of hydrogen-bond acceptors (Lipinski definition) is 1. The first-order chi connectivity index (χ1) is 7.55. The van der Waals surface area contributed by atoms with Crippen molar-refractivity contribution in [3.8, 4) is 0 Å². The number of benzene rings is 1. The highest BCUT2D eigenvalue weighted by Gasteiger charge is 2.40. The summed E-state index contributed by atoms with van der Waals surface area (Å²) in [6.45, 7) is 4.47. The van der Waals surface area contributed by atoms with E-state index in [9.17, 15) is 4.39 Å². The van der Waals surface area contributed by atoms with Crippen molar-refractivity contribution in [3.05, 3.63) is 35.6 Å². The summed E-state index contributed by atoms with van der Waals surface area (Å²) in [7, 11) is 2.02. The molecule has 1 aromatic rings. The van der Waals surface area contributed by atoms with E-state index in [1.165, 1.54) is 18.4 Å². The first-order valence-corrected chi connectivity index (χ1v) is 5.99. The van der Waals surface area contributed by atoms with E-state index in [4.69, 9.17) is 0 Å². The molecule has 0 amide bonds. The van der Waals surface area contributed by atoms with Crippen LogP contribution in [0.2, 0.25) is 0 Å². The van der Waals surface area contributed by atoms with Gasteiger partial charge in [0.2, 0.25) is 0 Å². The summed E-state index contributed by atoms with van der Waals surface area (Å²) < 4.78 is 12.9. The first-order valence-electron chi connectivity index (χ1n) is 5.99. The van der Waals surface area contributed by atoms with Gasteiger partial charge in [-0.25, -0.2) is 4.39 Å². The van der Waals surface area contributed by atoms with Crippen LogP contribution in [0.25, 0.3) is 0 Å². The van der Waals surface area contributed by atoms with Crippen LogP contribution in [0.4, 0.5) is 4.39 Å². The number of nitrogens with one attached hydrogen (secondary N) is 1. The predicted molar refractivity (Wildman–Crippen MR) is 65.0 cm³/mol. The minimum absolute atomic E-state index is 0.0591. The Morgan fingerprint density at radius 2 is 1.81 bits per heavy atom. The minimum Gasteiger partial charge on any atom is -0.316 e. The van der Waals surface area contributed by atoms with Crippen LogP contribution in [0.5, 0.6) is 0 Å². The Balaban J connectivity index is 2.25. The van der Waals surface area contributed by atoms with E-state index in [0.717, 1.165) is 5.92 Å². The van der Waals surface area contributed by atoms with Gasteiger partial charge in [0, 0.05) is 11.5 Å². The predicted octanol–water partition coefficient (Wildman–Crippen LogP) is 3.10. The molecule has 88 valence electrons. The van der Waals surface area contributed by atoms with Crippen LogP contribution in [-0.2, 0) is 5.41 Å². The first kappa shape index (κ1) is 11.6. The summed E-state index contributed by atoms with van der Waals surface area (Å²) in [5.41, 5.74) is 1.27. The van der Waals surface area contributed by atoms with Crippen LogP contribution in [0.15, 0.2) is 24.3 Å². The molecule has 0 heterocycles. The van der Waals surface area contributed by atoms with Crippen LogP contribution in [0.3, 0.4) is 0 Å². The second-order valence-electron chi connectivity index (χ2n) is 5.33. The van der Waals surface area contributed by atoms with Gasteiger partial charge in [-0.2, -0.15) is 0 Å². The Morgan fingerprint density at radius 3 is 2.25 bits per heavy atom. The van der Waals surface area contributed by atoms with Gasteiger partial charge in [0.05, 0.1) is 0 Å². The van der Waals surface area contributed by atoms with Crippen molar-refractivity contribution in [2.75, 3.05) is 7.05 Å². The maximum absolute atomic E-state index is 12.9. The Bertz CT molecular complexity index is 352. The van der Waals surface area contributed by atoms with Gasteiger partial charge >= 0.3 is 0 Å². The smallest absolute Gasteiger partial charge is 0.123 e. The van der Waals surface area contributed by atoms with Crippen molar-refractivity contribution in [1.29, 1.82) is 0 Å². The van der Waals surface area contributed by atoms with Crippen LogP contribution in [0, 0.1) is 11.7 Å². The largest absolute Gasteiger partial charge is 0.316 e. The summed E-state index contributed by atoms with van der Waals surface area (Å²) >= 11 is 0. The van der Waals surface area contributed by atoms with E-state index in [2.05, 4.69) is 19.2 Å². The third kappa shape index (κ3) is 2.12. The molecule has 16 heavy (non-hydrogen) atoms. The van der Waals surface area contributed by atoms with Gasteiger partial charge in [0.15, 0.2) is 0 Å². The van der Waals surface area contributed by atoms with Gasteiger partial charge < -0.3 is 5.32 Å². The summed E-state index contributed by atoms with van der Waals surface area (Å²) in [6, 6.07) is 7.40. The minimum atomic E-state index is -0.160. The van der Waals surface area contributed by atoms with Gasteiger partial charge in [-0.3, -0.25) is 0 Å². The van der Waals surface area contributed by atoms with Crippen LogP contribution < -0.4 is 5.32 Å². The SMILES string of the molecule is CNC(C1CC1)C(C)(C)c1ccc(F)cc1. The van der Waals surface area contributed by atoms with Gasteiger partial charge in [-0.1, -0.05) is 26.0 Å². The summed E-state index contributed by atoms with van der Waals surface area (Å²) in [5.74, 6) is 0.622. The Labute approximate surface area is 97.1 Å². The van der Waals surface area contributed by atoms with Gasteiger partial charge in [-0.05, 0) is 43.5 Å². The molecule has 1 unspecified atom stereocenters. The molecule has 0 radical (unpaired) electrons. The lowest BCUT2D eigenvalue weighted by Crippen LogP contribution is -2.44. The number of halogens is 1. The van der Waals surface area contributed by atoms with Gasteiger partial charge in [-0.15, -0.1) is 0 Å². The molecule has 1 aliphatic rings. The van der Waals surface area contributed by atoms with Crippen LogP contribution in [0.1, 0.15) is 32.3 Å². The number of hydrogen-bond donors (Lipinski definition) is 1. The quantitative estimate of drug-likeness (QED) is 0.823. The molecule has 1 saturated carbocycles. The zero-order chi connectivity index (χ0) is 11.8. The number of rotatable bonds is 4. The molecule has 2 heteroatoms. The maximum Gasteiger partial charge on any atom is 0.123 e. The Hall–Kier alpha value is -0.890. The standard InChI is InChI=1S/C14H20FN/c1-14(2,13(16-3)10-4-5-10)11-6-8-12(15)9-7-11/h6-10,13,16H,4-5H2,1-3H3. The second-order valence-corrected chi connectivity index (χ2v) is 5.33. The second kappa shape index (κ2) is 4.17. The van der Waals surface area contributed by atoms with E-state index in [-0.39, 0.29) is 11.2 Å². The molecule has 0 saturated heterocycles. The molecule has 1 aliphatic carbocycles.